The molecule has 1 aliphatic heterocycles. The van der Waals surface area contributed by atoms with E-state index < -0.39 is 17.6 Å². The summed E-state index contributed by atoms with van der Waals surface area (Å²) < 4.78 is 9.82. The van der Waals surface area contributed by atoms with E-state index in [0.717, 1.165) is 11.4 Å². The van der Waals surface area contributed by atoms with Gasteiger partial charge in [-0.05, 0) is 13.8 Å². The molecule has 1 atom stereocenters. The fourth-order valence-corrected chi connectivity index (χ4v) is 2.26. The van der Waals surface area contributed by atoms with Crippen molar-refractivity contribution in [3.63, 3.8) is 0 Å². The number of hydrogen-bond acceptors (Lipinski definition) is 5. The number of aromatic nitrogens is 2. The Kier molecular flexibility index (Phi) is 3.46. The Morgan fingerprint density at radius 1 is 1.58 bits per heavy atom. The molecule has 0 radical (unpaired) electrons. The second kappa shape index (κ2) is 4.91. The summed E-state index contributed by atoms with van der Waals surface area (Å²) in [6.45, 7) is 3.88. The summed E-state index contributed by atoms with van der Waals surface area (Å²) in [7, 11) is 1.30. The van der Waals surface area contributed by atoms with E-state index in [9.17, 15) is 9.59 Å². The molecule has 0 aliphatic carbocycles. The van der Waals surface area contributed by atoms with Crippen molar-refractivity contribution in [1.29, 1.82) is 0 Å². The van der Waals surface area contributed by atoms with Gasteiger partial charge in [0.05, 0.1) is 38.0 Å². The van der Waals surface area contributed by atoms with E-state index >= 15 is 0 Å². The molecule has 0 spiro atoms. The number of rotatable bonds is 2. The van der Waals surface area contributed by atoms with E-state index in [1.54, 1.807) is 20.2 Å². The minimum absolute atomic E-state index is 0.250. The highest BCUT2D eigenvalue weighted by atomic mass is 16.6. The zero-order valence-electron chi connectivity index (χ0n) is 11.2. The average molecular weight is 267 g/mol. The van der Waals surface area contributed by atoms with Gasteiger partial charge in [0, 0.05) is 6.42 Å². The molecule has 0 bridgehead atoms. The number of esters is 1. The molecule has 1 aliphatic rings. The first-order chi connectivity index (χ1) is 9.02. The summed E-state index contributed by atoms with van der Waals surface area (Å²) in [6, 6.07) is 0. The Morgan fingerprint density at radius 2 is 2.32 bits per heavy atom. The summed E-state index contributed by atoms with van der Waals surface area (Å²) in [4.78, 5) is 32.6. The molecule has 0 saturated carbocycles. The molecule has 7 heteroatoms. The first-order valence-corrected chi connectivity index (χ1v) is 6.07. The molecule has 1 aromatic rings. The highest BCUT2D eigenvalue weighted by molar-refractivity contribution is 5.86. The second-order valence-electron chi connectivity index (χ2n) is 4.56. The monoisotopic (exact) mass is 267 g/mol. The van der Waals surface area contributed by atoms with E-state index in [1.807, 2.05) is 0 Å². The number of fused-ring (bicyclic) bond motifs is 1. The molecule has 1 unspecified atom stereocenters. The van der Waals surface area contributed by atoms with Crippen molar-refractivity contribution < 1.29 is 19.1 Å². The lowest BCUT2D eigenvalue weighted by atomic mass is 9.89. The first kappa shape index (κ1) is 13.4. The van der Waals surface area contributed by atoms with Crippen molar-refractivity contribution in [3.8, 4) is 0 Å². The van der Waals surface area contributed by atoms with Gasteiger partial charge < -0.3 is 14.5 Å². The lowest BCUT2D eigenvalue weighted by Gasteiger charge is -2.40. The van der Waals surface area contributed by atoms with Crippen molar-refractivity contribution in [2.45, 2.75) is 32.4 Å². The van der Waals surface area contributed by atoms with Crippen LogP contribution < -0.4 is 0 Å². The molecule has 1 aromatic heterocycles. The van der Waals surface area contributed by atoms with Crippen molar-refractivity contribution >= 4 is 12.1 Å². The van der Waals surface area contributed by atoms with E-state index in [1.165, 1.54) is 12.0 Å². The second-order valence-corrected chi connectivity index (χ2v) is 4.56. The number of carbonyl (C=O) groups excluding carboxylic acids is 2. The van der Waals surface area contributed by atoms with Crippen LogP contribution >= 0.6 is 0 Å². The van der Waals surface area contributed by atoms with Crippen LogP contribution in [0.3, 0.4) is 0 Å². The van der Waals surface area contributed by atoms with Gasteiger partial charge in [-0.2, -0.15) is 0 Å². The minimum Gasteiger partial charge on any atom is -0.467 e. The summed E-state index contributed by atoms with van der Waals surface area (Å²) in [5, 5.41) is 0. The number of aromatic amines is 1. The minimum atomic E-state index is -1.09. The van der Waals surface area contributed by atoms with Gasteiger partial charge >= 0.3 is 12.1 Å². The molecule has 2 rings (SSSR count). The normalized spacial score (nSPS) is 21.7. The summed E-state index contributed by atoms with van der Waals surface area (Å²) >= 11 is 0. The van der Waals surface area contributed by atoms with Gasteiger partial charge in [-0.15, -0.1) is 0 Å². The topological polar surface area (TPSA) is 84.5 Å². The number of hydrogen-bond donors (Lipinski definition) is 1. The van der Waals surface area contributed by atoms with E-state index in [0.29, 0.717) is 6.42 Å². The molecule has 7 nitrogen and oxygen atoms in total. The third kappa shape index (κ3) is 2.16. The SMILES string of the molecule is CCOC(=O)N1Cc2[nH]cnc2CC1(C)C(=O)OC. The predicted octanol–water partition coefficient (Wildman–Crippen LogP) is 0.856. The molecule has 0 fully saturated rings. The van der Waals surface area contributed by atoms with Crippen molar-refractivity contribution in [3.05, 3.63) is 17.7 Å². The van der Waals surface area contributed by atoms with Crippen molar-refractivity contribution in [1.82, 2.24) is 14.9 Å². The van der Waals surface area contributed by atoms with E-state index in [2.05, 4.69) is 9.97 Å². The predicted molar refractivity (Wildman–Crippen MR) is 65.3 cm³/mol. The van der Waals surface area contributed by atoms with Crippen LogP contribution in [0, 0.1) is 0 Å². The number of H-pyrrole nitrogens is 1. The molecule has 104 valence electrons. The van der Waals surface area contributed by atoms with Crippen LogP contribution in [-0.2, 0) is 27.2 Å². The number of carbonyl (C=O) groups is 2. The molecule has 0 aromatic carbocycles. The number of amides is 1. The van der Waals surface area contributed by atoms with Gasteiger partial charge in [0.25, 0.3) is 0 Å². The molecule has 1 amide bonds. The Morgan fingerprint density at radius 3 is 2.95 bits per heavy atom. The Balaban J connectivity index is 2.37. The quantitative estimate of drug-likeness (QED) is 0.803. The zero-order valence-corrected chi connectivity index (χ0v) is 11.2. The highest BCUT2D eigenvalue weighted by Crippen LogP contribution is 2.30. The van der Waals surface area contributed by atoms with E-state index in [4.69, 9.17) is 9.47 Å². The number of ether oxygens (including phenoxy) is 2. The lowest BCUT2D eigenvalue weighted by Crippen LogP contribution is -2.58. The molecular weight excluding hydrogens is 250 g/mol. The standard InChI is InChI=1S/C12H17N3O4/c1-4-19-11(17)15-6-9-8(13-7-14-9)5-12(15,2)10(16)18-3/h7H,4-6H2,1-3H3,(H,13,14). The third-order valence-corrected chi connectivity index (χ3v) is 3.34. The van der Waals surface area contributed by atoms with Crippen molar-refractivity contribution in [2.24, 2.45) is 0 Å². The van der Waals surface area contributed by atoms with Gasteiger partial charge in [-0.1, -0.05) is 0 Å². The maximum Gasteiger partial charge on any atom is 0.411 e. The third-order valence-electron chi connectivity index (χ3n) is 3.34. The van der Waals surface area contributed by atoms with Crippen LogP contribution in [0.2, 0.25) is 0 Å². The van der Waals surface area contributed by atoms with Gasteiger partial charge in [-0.25, -0.2) is 14.6 Å². The van der Waals surface area contributed by atoms with Crippen LogP contribution in [0.15, 0.2) is 6.33 Å². The molecule has 1 N–H and O–H groups in total. The average Bonchev–Trinajstić information content (AvgIpc) is 2.83. The molecule has 19 heavy (non-hydrogen) atoms. The maximum absolute atomic E-state index is 12.0. The number of nitrogens with one attached hydrogen (secondary N) is 1. The number of methoxy groups -OCH3 is 1. The van der Waals surface area contributed by atoms with Crippen LogP contribution in [0.4, 0.5) is 4.79 Å². The van der Waals surface area contributed by atoms with Gasteiger partial charge in [0.15, 0.2) is 0 Å². The zero-order chi connectivity index (χ0) is 14.0. The van der Waals surface area contributed by atoms with Gasteiger partial charge in [0.2, 0.25) is 0 Å². The largest absolute Gasteiger partial charge is 0.467 e. The van der Waals surface area contributed by atoms with Gasteiger partial charge in [-0.3, -0.25) is 4.90 Å². The van der Waals surface area contributed by atoms with Crippen molar-refractivity contribution in [2.75, 3.05) is 13.7 Å². The fourth-order valence-electron chi connectivity index (χ4n) is 2.26. The summed E-state index contributed by atoms with van der Waals surface area (Å²) in [5.41, 5.74) is 0.492. The fraction of sp³-hybridized carbons (Fsp3) is 0.583. The molecular formula is C12H17N3O4. The summed E-state index contributed by atoms with van der Waals surface area (Å²) in [6.07, 6.45) is 1.32. The van der Waals surface area contributed by atoms with Gasteiger partial charge in [0.1, 0.15) is 5.54 Å². The number of nitrogens with zero attached hydrogens (tertiary/aromatic N) is 2. The smallest absolute Gasteiger partial charge is 0.411 e. The van der Waals surface area contributed by atoms with Crippen LogP contribution in [-0.4, -0.2) is 46.2 Å². The van der Waals surface area contributed by atoms with Crippen LogP contribution in [0.5, 0.6) is 0 Å². The van der Waals surface area contributed by atoms with Crippen LogP contribution in [0.25, 0.3) is 0 Å². The number of imidazole rings is 1. The maximum atomic E-state index is 12.0. The summed E-state index contributed by atoms with van der Waals surface area (Å²) in [5.74, 6) is -0.478. The first-order valence-electron chi connectivity index (χ1n) is 6.07. The Labute approximate surface area is 110 Å². The Hall–Kier alpha value is -2.05. The Bertz CT molecular complexity index is 499. The van der Waals surface area contributed by atoms with Crippen LogP contribution in [0.1, 0.15) is 25.2 Å². The highest BCUT2D eigenvalue weighted by Gasteiger charge is 2.48. The molecule has 0 saturated heterocycles. The van der Waals surface area contributed by atoms with E-state index in [-0.39, 0.29) is 13.2 Å². The molecule has 2 heterocycles. The lowest BCUT2D eigenvalue weighted by molar-refractivity contribution is -0.154.